The minimum absolute atomic E-state index is 0.173. The Balaban J connectivity index is 3.90. The molecular formula is C10H22N4. The zero-order chi connectivity index (χ0) is 11.2. The molecule has 0 amide bonds. The highest BCUT2D eigenvalue weighted by Crippen LogP contribution is 2.21. The average Bonchev–Trinajstić information content (AvgIpc) is 2.03. The lowest BCUT2D eigenvalue weighted by Gasteiger charge is -2.26. The summed E-state index contributed by atoms with van der Waals surface area (Å²) in [7, 11) is 1.97. The maximum absolute atomic E-state index is 8.35. The molecule has 0 aliphatic carbocycles. The van der Waals surface area contributed by atoms with Gasteiger partial charge in [0.2, 0.25) is 0 Å². The second-order valence-electron chi connectivity index (χ2n) is 4.99. The molecule has 0 atom stereocenters. The molecular weight excluding hydrogens is 176 g/mol. The lowest BCUT2D eigenvalue weighted by molar-refractivity contribution is 0.350. The van der Waals surface area contributed by atoms with E-state index in [1.54, 1.807) is 0 Å². The van der Waals surface area contributed by atoms with Crippen LogP contribution in [-0.4, -0.2) is 18.1 Å². The predicted octanol–water partition coefficient (Wildman–Crippen LogP) is 3.24. The van der Waals surface area contributed by atoms with Gasteiger partial charge in [0.05, 0.1) is 0 Å². The lowest BCUT2D eigenvalue weighted by Crippen LogP contribution is -2.36. The molecule has 0 saturated carbocycles. The Hall–Kier alpha value is -0.730. The third-order valence-corrected chi connectivity index (χ3v) is 2.58. The Kier molecular flexibility index (Phi) is 4.95. The summed E-state index contributed by atoms with van der Waals surface area (Å²) in [5, 5.41) is 7.02. The fraction of sp³-hybridized carbons (Fsp3) is 1.00. The predicted molar refractivity (Wildman–Crippen MR) is 60.2 cm³/mol. The molecule has 0 bridgehead atoms. The van der Waals surface area contributed by atoms with Crippen LogP contribution in [0.4, 0.5) is 0 Å². The molecule has 0 aromatic rings. The van der Waals surface area contributed by atoms with Crippen molar-refractivity contribution in [3.63, 3.8) is 0 Å². The first-order chi connectivity index (χ1) is 6.33. The zero-order valence-corrected chi connectivity index (χ0v) is 9.96. The molecule has 0 rings (SSSR count). The van der Waals surface area contributed by atoms with Gasteiger partial charge in [-0.1, -0.05) is 25.4 Å². The second kappa shape index (κ2) is 5.23. The minimum Gasteiger partial charge on any atom is -0.315 e. The van der Waals surface area contributed by atoms with Crippen LogP contribution in [0.25, 0.3) is 10.4 Å². The highest BCUT2D eigenvalue weighted by molar-refractivity contribution is 4.81. The summed E-state index contributed by atoms with van der Waals surface area (Å²) in [6.07, 6.45) is 3.09. The van der Waals surface area contributed by atoms with Crippen LogP contribution in [0.15, 0.2) is 5.11 Å². The number of nitrogens with one attached hydrogen (secondary N) is 1. The molecule has 0 fully saturated rings. The Morgan fingerprint density at radius 1 is 1.21 bits per heavy atom. The summed E-state index contributed by atoms with van der Waals surface area (Å²) >= 11 is 0. The molecule has 0 spiro atoms. The molecule has 0 aromatic heterocycles. The van der Waals surface area contributed by atoms with E-state index in [1.807, 2.05) is 20.9 Å². The number of azide groups is 1. The van der Waals surface area contributed by atoms with Crippen LogP contribution in [0.3, 0.4) is 0 Å². The largest absolute Gasteiger partial charge is 0.315 e. The van der Waals surface area contributed by atoms with E-state index >= 15 is 0 Å². The van der Waals surface area contributed by atoms with Crippen molar-refractivity contribution in [1.82, 2.24) is 5.32 Å². The Bertz CT molecular complexity index is 214. The van der Waals surface area contributed by atoms with Crippen molar-refractivity contribution in [2.24, 2.45) is 5.11 Å². The summed E-state index contributed by atoms with van der Waals surface area (Å²) in [6.45, 7) is 8.29. The Labute approximate surface area is 86.7 Å². The van der Waals surface area contributed by atoms with Crippen LogP contribution in [0, 0.1) is 0 Å². The normalized spacial score (nSPS) is 12.4. The molecule has 4 nitrogen and oxygen atoms in total. The molecule has 14 heavy (non-hydrogen) atoms. The van der Waals surface area contributed by atoms with Gasteiger partial charge in [-0.15, -0.1) is 0 Å². The molecule has 0 aliphatic heterocycles. The highest BCUT2D eigenvalue weighted by atomic mass is 15.2. The summed E-state index contributed by atoms with van der Waals surface area (Å²) in [5.41, 5.74) is 8.27. The SMILES string of the molecule is CNC(C)(C)CCCC(C)(C)N=[N+]=[N-]. The summed E-state index contributed by atoms with van der Waals surface area (Å²) in [6, 6.07) is 0. The smallest absolute Gasteiger partial charge is 0.0432 e. The first-order valence-electron chi connectivity index (χ1n) is 5.08. The highest BCUT2D eigenvalue weighted by Gasteiger charge is 2.19. The fourth-order valence-electron chi connectivity index (χ4n) is 1.26. The second-order valence-corrected chi connectivity index (χ2v) is 4.99. The molecule has 0 unspecified atom stereocenters. The zero-order valence-electron chi connectivity index (χ0n) is 9.96. The number of hydrogen-bond donors (Lipinski definition) is 1. The molecule has 0 heterocycles. The van der Waals surface area contributed by atoms with E-state index in [4.69, 9.17) is 5.53 Å². The lowest BCUT2D eigenvalue weighted by atomic mass is 9.92. The number of rotatable bonds is 6. The maximum Gasteiger partial charge on any atom is 0.0432 e. The summed E-state index contributed by atoms with van der Waals surface area (Å²) < 4.78 is 0. The van der Waals surface area contributed by atoms with Crippen LogP contribution in [0.2, 0.25) is 0 Å². The van der Waals surface area contributed by atoms with Crippen molar-refractivity contribution in [3.8, 4) is 0 Å². The van der Waals surface area contributed by atoms with E-state index in [0.29, 0.717) is 0 Å². The van der Waals surface area contributed by atoms with Gasteiger partial charge < -0.3 is 5.32 Å². The maximum atomic E-state index is 8.35. The molecule has 1 N–H and O–H groups in total. The van der Waals surface area contributed by atoms with Crippen LogP contribution in [0.5, 0.6) is 0 Å². The van der Waals surface area contributed by atoms with E-state index in [1.165, 1.54) is 0 Å². The van der Waals surface area contributed by atoms with Crippen molar-refractivity contribution >= 4 is 0 Å². The van der Waals surface area contributed by atoms with Gasteiger partial charge in [-0.2, -0.15) is 0 Å². The van der Waals surface area contributed by atoms with Crippen molar-refractivity contribution in [2.75, 3.05) is 7.05 Å². The van der Waals surface area contributed by atoms with Gasteiger partial charge in [0.15, 0.2) is 0 Å². The first kappa shape index (κ1) is 13.3. The van der Waals surface area contributed by atoms with Gasteiger partial charge >= 0.3 is 0 Å². The minimum atomic E-state index is -0.251. The monoisotopic (exact) mass is 198 g/mol. The molecule has 0 saturated heterocycles. The van der Waals surface area contributed by atoms with Gasteiger partial charge in [-0.3, -0.25) is 0 Å². The van der Waals surface area contributed by atoms with E-state index < -0.39 is 0 Å². The Morgan fingerprint density at radius 2 is 1.79 bits per heavy atom. The topological polar surface area (TPSA) is 60.8 Å². The van der Waals surface area contributed by atoms with Gasteiger partial charge in [0, 0.05) is 16.0 Å². The van der Waals surface area contributed by atoms with Gasteiger partial charge in [0.1, 0.15) is 0 Å². The van der Waals surface area contributed by atoms with Crippen molar-refractivity contribution in [2.45, 2.75) is 58.0 Å². The van der Waals surface area contributed by atoms with Crippen molar-refractivity contribution in [1.29, 1.82) is 0 Å². The molecule has 0 radical (unpaired) electrons. The number of hydrogen-bond acceptors (Lipinski definition) is 2. The third-order valence-electron chi connectivity index (χ3n) is 2.58. The van der Waals surface area contributed by atoms with E-state index in [9.17, 15) is 0 Å². The van der Waals surface area contributed by atoms with E-state index in [0.717, 1.165) is 19.3 Å². The van der Waals surface area contributed by atoms with Gasteiger partial charge in [-0.05, 0) is 39.3 Å². The van der Waals surface area contributed by atoms with Crippen molar-refractivity contribution in [3.05, 3.63) is 10.4 Å². The molecule has 0 aliphatic rings. The summed E-state index contributed by atoms with van der Waals surface area (Å²) in [5.74, 6) is 0. The molecule has 0 aromatic carbocycles. The van der Waals surface area contributed by atoms with Crippen LogP contribution >= 0.6 is 0 Å². The van der Waals surface area contributed by atoms with E-state index in [2.05, 4.69) is 29.2 Å². The van der Waals surface area contributed by atoms with E-state index in [-0.39, 0.29) is 11.1 Å². The van der Waals surface area contributed by atoms with Gasteiger partial charge in [-0.25, -0.2) is 0 Å². The molecule has 4 heteroatoms. The standard InChI is InChI=1S/C10H22N4/c1-9(2,12-5)7-6-8-10(3,4)13-14-11/h12H,6-8H2,1-5H3. The third kappa shape index (κ3) is 5.84. The summed E-state index contributed by atoms with van der Waals surface area (Å²) in [4.78, 5) is 2.85. The number of nitrogens with zero attached hydrogens (tertiary/aromatic N) is 3. The molecule has 82 valence electrons. The van der Waals surface area contributed by atoms with Gasteiger partial charge in [0.25, 0.3) is 0 Å². The van der Waals surface area contributed by atoms with Crippen LogP contribution in [0.1, 0.15) is 47.0 Å². The first-order valence-corrected chi connectivity index (χ1v) is 5.08. The quantitative estimate of drug-likeness (QED) is 0.397. The van der Waals surface area contributed by atoms with Crippen LogP contribution < -0.4 is 5.32 Å². The Morgan fingerprint density at radius 3 is 2.21 bits per heavy atom. The van der Waals surface area contributed by atoms with Crippen molar-refractivity contribution < 1.29 is 0 Å². The fourth-order valence-corrected chi connectivity index (χ4v) is 1.26. The average molecular weight is 198 g/mol. The van der Waals surface area contributed by atoms with Crippen LogP contribution in [-0.2, 0) is 0 Å².